The summed E-state index contributed by atoms with van der Waals surface area (Å²) in [7, 11) is -3.65. The van der Waals surface area contributed by atoms with Crippen LogP contribution in [0.2, 0.25) is 0 Å². The number of hydrogen-bond acceptors (Lipinski definition) is 6. The van der Waals surface area contributed by atoms with Gasteiger partial charge in [-0.25, -0.2) is 4.39 Å². The van der Waals surface area contributed by atoms with Crippen LogP contribution in [0.25, 0.3) is 6.08 Å². The van der Waals surface area contributed by atoms with E-state index in [1.165, 1.54) is 38.1 Å². The van der Waals surface area contributed by atoms with E-state index in [2.05, 4.69) is 17.0 Å². The molecule has 2 fully saturated rings. The minimum Gasteiger partial charge on any atom is -0.467 e. The van der Waals surface area contributed by atoms with Crippen LogP contribution < -0.4 is 5.43 Å². The van der Waals surface area contributed by atoms with Crippen LogP contribution in [0.4, 0.5) is 4.39 Å². The van der Waals surface area contributed by atoms with Crippen molar-refractivity contribution in [1.29, 1.82) is 0 Å². The van der Waals surface area contributed by atoms with Crippen molar-refractivity contribution in [2.24, 2.45) is 5.92 Å². The maximum Gasteiger partial charge on any atom is 0.282 e. The maximum atomic E-state index is 15.0. The summed E-state index contributed by atoms with van der Waals surface area (Å²) in [5.41, 5.74) is 2.39. The predicted molar refractivity (Wildman–Crippen MR) is 129 cm³/mol. The number of benzene rings is 1. The zero-order valence-electron chi connectivity index (χ0n) is 19.5. The second kappa shape index (κ2) is 9.94. The molecule has 1 unspecified atom stereocenters. The van der Waals surface area contributed by atoms with Crippen LogP contribution in [0.15, 0.2) is 51.6 Å². The molecule has 3 aliphatic heterocycles. The second-order valence-corrected chi connectivity index (χ2v) is 11.5. The third kappa shape index (κ3) is 5.26. The summed E-state index contributed by atoms with van der Waals surface area (Å²) in [6, 6.07) is 9.64. The molecule has 1 atom stereocenters. The van der Waals surface area contributed by atoms with Crippen LogP contribution in [0, 0.1) is 5.92 Å². The molecule has 1 N–H and O–H groups in total. The molecule has 2 aromatic rings. The van der Waals surface area contributed by atoms with E-state index in [1.807, 2.05) is 12.1 Å². The molecule has 35 heavy (non-hydrogen) atoms. The lowest BCUT2D eigenvalue weighted by atomic mass is 9.95. The lowest BCUT2D eigenvalue weighted by molar-refractivity contribution is 0.186. The summed E-state index contributed by atoms with van der Waals surface area (Å²) in [6.45, 7) is 2.89. The zero-order chi connectivity index (χ0) is 24.6. The Morgan fingerprint density at radius 1 is 1.09 bits per heavy atom. The van der Waals surface area contributed by atoms with Gasteiger partial charge in [-0.05, 0) is 36.5 Å². The van der Waals surface area contributed by atoms with Gasteiger partial charge in [0.2, 0.25) is 0 Å². The monoisotopic (exact) mass is 503 g/mol. The minimum atomic E-state index is -3.65. The van der Waals surface area contributed by atoms with Crippen molar-refractivity contribution in [3.05, 3.63) is 75.1 Å². The highest BCUT2D eigenvalue weighted by molar-refractivity contribution is 7.86. The number of allylic oxidation sites excluding steroid dienone is 1. The fourth-order valence-corrected chi connectivity index (χ4v) is 6.79. The lowest BCUT2D eigenvalue weighted by Gasteiger charge is -2.33. The standard InChI is InChI=1S/C25H30FN3O5S/c26-24(18-5-8-28(9-6-18)35(32,33)29-10-7-22(30)15-29)11-21-17-34-23(12-25(21)31)16-27-13-19-3-1-2-4-20(19)14-27/h1-4,11-12,17-18,22,30H,5-10,13-16H2/b24-11-. The summed E-state index contributed by atoms with van der Waals surface area (Å²) in [5, 5.41) is 9.65. The highest BCUT2D eigenvalue weighted by Crippen LogP contribution is 2.30. The van der Waals surface area contributed by atoms with Crippen LogP contribution in [-0.2, 0) is 29.8 Å². The molecule has 5 rings (SSSR count). The van der Waals surface area contributed by atoms with E-state index in [1.54, 1.807) is 0 Å². The Morgan fingerprint density at radius 2 is 1.74 bits per heavy atom. The topological polar surface area (TPSA) is 94.3 Å². The second-order valence-electron chi connectivity index (χ2n) is 9.59. The van der Waals surface area contributed by atoms with Crippen molar-refractivity contribution in [2.75, 3.05) is 26.2 Å². The molecule has 0 radical (unpaired) electrons. The molecule has 8 nitrogen and oxygen atoms in total. The van der Waals surface area contributed by atoms with Crippen molar-refractivity contribution >= 4 is 16.3 Å². The van der Waals surface area contributed by atoms with Crippen LogP contribution in [0.3, 0.4) is 0 Å². The predicted octanol–water partition coefficient (Wildman–Crippen LogP) is 2.49. The number of nitrogens with zero attached hydrogens (tertiary/aromatic N) is 3. The molecular weight excluding hydrogens is 473 g/mol. The number of fused-ring (bicyclic) bond motifs is 1. The van der Waals surface area contributed by atoms with Gasteiger partial charge in [0.15, 0.2) is 5.43 Å². The molecule has 0 bridgehead atoms. The molecule has 0 saturated carbocycles. The minimum absolute atomic E-state index is 0.104. The van der Waals surface area contributed by atoms with Crippen molar-refractivity contribution in [1.82, 2.24) is 13.5 Å². The van der Waals surface area contributed by atoms with E-state index < -0.39 is 28.1 Å². The van der Waals surface area contributed by atoms with Gasteiger partial charge in [0.1, 0.15) is 17.9 Å². The molecule has 188 valence electrons. The normalized spacial score (nSPS) is 23.1. The molecule has 4 heterocycles. The first-order valence-electron chi connectivity index (χ1n) is 12.0. The number of rotatable bonds is 6. The average Bonchev–Trinajstić information content (AvgIpc) is 3.47. The molecule has 1 aromatic heterocycles. The van der Waals surface area contributed by atoms with E-state index in [4.69, 9.17) is 4.42 Å². The van der Waals surface area contributed by atoms with Gasteiger partial charge >= 0.3 is 0 Å². The Labute approximate surface area is 204 Å². The Morgan fingerprint density at radius 3 is 2.34 bits per heavy atom. The largest absolute Gasteiger partial charge is 0.467 e. The smallest absolute Gasteiger partial charge is 0.282 e. The van der Waals surface area contributed by atoms with Gasteiger partial charge in [0.25, 0.3) is 10.2 Å². The van der Waals surface area contributed by atoms with Gasteiger partial charge in [-0.1, -0.05) is 24.3 Å². The quantitative estimate of drug-likeness (QED) is 0.651. The Bertz CT molecular complexity index is 1240. The van der Waals surface area contributed by atoms with E-state index in [9.17, 15) is 22.7 Å². The summed E-state index contributed by atoms with van der Waals surface area (Å²) < 4.78 is 48.7. The number of hydrogen-bond donors (Lipinski definition) is 1. The molecule has 1 aromatic carbocycles. The van der Waals surface area contributed by atoms with Gasteiger partial charge in [0, 0.05) is 51.3 Å². The van der Waals surface area contributed by atoms with E-state index in [0.717, 1.165) is 13.1 Å². The van der Waals surface area contributed by atoms with E-state index in [0.29, 0.717) is 38.1 Å². The lowest BCUT2D eigenvalue weighted by Crippen LogP contribution is -2.46. The number of piperidine rings is 1. The third-order valence-electron chi connectivity index (χ3n) is 7.12. The van der Waals surface area contributed by atoms with Crippen molar-refractivity contribution in [2.45, 2.75) is 45.0 Å². The summed E-state index contributed by atoms with van der Waals surface area (Å²) in [6.07, 6.45) is 2.98. The maximum absolute atomic E-state index is 15.0. The van der Waals surface area contributed by atoms with E-state index in [-0.39, 0.29) is 30.6 Å². The van der Waals surface area contributed by atoms with Crippen molar-refractivity contribution < 1.29 is 22.3 Å². The fraction of sp³-hybridized carbons (Fsp3) is 0.480. The Hall–Kier alpha value is -2.37. The molecule has 2 saturated heterocycles. The Kier molecular flexibility index (Phi) is 6.91. The van der Waals surface area contributed by atoms with Gasteiger partial charge < -0.3 is 9.52 Å². The third-order valence-corrected chi connectivity index (χ3v) is 9.12. The first kappa shape index (κ1) is 24.3. The van der Waals surface area contributed by atoms with Crippen LogP contribution in [-0.4, -0.2) is 59.3 Å². The van der Waals surface area contributed by atoms with Gasteiger partial charge in [0.05, 0.1) is 18.2 Å². The van der Waals surface area contributed by atoms with Gasteiger partial charge in [-0.15, -0.1) is 0 Å². The van der Waals surface area contributed by atoms with Crippen LogP contribution >= 0.6 is 0 Å². The van der Waals surface area contributed by atoms with Gasteiger partial charge in [-0.3, -0.25) is 9.69 Å². The molecule has 0 spiro atoms. The highest BCUT2D eigenvalue weighted by atomic mass is 32.2. The molecule has 0 aliphatic carbocycles. The molecule has 0 amide bonds. The average molecular weight is 504 g/mol. The van der Waals surface area contributed by atoms with Crippen molar-refractivity contribution in [3.8, 4) is 0 Å². The molecular formula is C25H30FN3O5S. The van der Waals surface area contributed by atoms with Crippen molar-refractivity contribution in [3.63, 3.8) is 0 Å². The van der Waals surface area contributed by atoms with Gasteiger partial charge in [-0.2, -0.15) is 17.0 Å². The zero-order valence-corrected chi connectivity index (χ0v) is 20.3. The first-order valence-corrected chi connectivity index (χ1v) is 13.4. The molecule has 10 heteroatoms. The highest BCUT2D eigenvalue weighted by Gasteiger charge is 2.37. The van der Waals surface area contributed by atoms with E-state index >= 15 is 0 Å². The SMILES string of the molecule is O=c1cc(CN2Cc3ccccc3C2)occ1/C=C(\F)C1CCN(S(=O)(=O)N2CCC(O)C2)CC1. The number of halogens is 1. The first-order chi connectivity index (χ1) is 16.8. The number of β-amino-alcohol motifs (C(OH)–C–C–N with tert-alkyl or cyclic N) is 1. The van der Waals surface area contributed by atoms with Crippen LogP contribution in [0.1, 0.15) is 41.7 Å². The summed E-state index contributed by atoms with van der Waals surface area (Å²) in [5.74, 6) is -0.354. The van der Waals surface area contributed by atoms with Crippen LogP contribution in [0.5, 0.6) is 0 Å². The number of aliphatic hydroxyl groups excluding tert-OH is 1. The summed E-state index contributed by atoms with van der Waals surface area (Å²) >= 11 is 0. The fourth-order valence-electron chi connectivity index (χ4n) is 5.10. The summed E-state index contributed by atoms with van der Waals surface area (Å²) in [4.78, 5) is 14.8. The Balaban J connectivity index is 1.18. The molecule has 3 aliphatic rings. The number of aliphatic hydroxyl groups is 1.